The van der Waals surface area contributed by atoms with E-state index in [1.165, 1.54) is 0 Å². The molecule has 2 nitrogen and oxygen atoms in total. The van der Waals surface area contributed by atoms with Gasteiger partial charge < -0.3 is 4.55 Å². The van der Waals surface area contributed by atoms with Crippen molar-refractivity contribution in [3.63, 3.8) is 0 Å². The van der Waals surface area contributed by atoms with Crippen LogP contribution in [0.5, 0.6) is 0 Å². The summed E-state index contributed by atoms with van der Waals surface area (Å²) in [5, 5.41) is 0. The van der Waals surface area contributed by atoms with Gasteiger partial charge in [0.1, 0.15) is 0 Å². The Bertz CT molecular complexity index is 494. The Labute approximate surface area is 97.2 Å². The van der Waals surface area contributed by atoms with Crippen LogP contribution in [0, 0.1) is 0 Å². The van der Waals surface area contributed by atoms with Crippen LogP contribution >= 0.6 is 0 Å². The first-order valence-electron chi connectivity index (χ1n) is 4.96. The van der Waals surface area contributed by atoms with Crippen LogP contribution in [0.3, 0.4) is 0 Å². The molecule has 0 aromatic heterocycles. The summed E-state index contributed by atoms with van der Waals surface area (Å²) in [6.45, 7) is 0. The van der Waals surface area contributed by atoms with Gasteiger partial charge in [0, 0.05) is 5.75 Å². The van der Waals surface area contributed by atoms with Crippen LogP contribution in [-0.2, 0) is 16.8 Å². The molecule has 0 saturated carbocycles. The largest absolute Gasteiger partial charge is 0.772 e. The molecule has 0 spiro atoms. The van der Waals surface area contributed by atoms with Crippen LogP contribution < -0.4 is 0 Å². The van der Waals surface area contributed by atoms with E-state index < -0.39 is 11.1 Å². The van der Waals surface area contributed by atoms with E-state index in [9.17, 15) is 8.76 Å². The van der Waals surface area contributed by atoms with Crippen molar-refractivity contribution in [3.8, 4) is 11.1 Å². The highest BCUT2D eigenvalue weighted by Gasteiger charge is 1.98. The zero-order chi connectivity index (χ0) is 11.4. The fraction of sp³-hybridized carbons (Fsp3) is 0.0769. The second-order valence-electron chi connectivity index (χ2n) is 3.51. The first kappa shape index (κ1) is 11.0. The Morgan fingerprint density at radius 1 is 0.938 bits per heavy atom. The molecule has 2 rings (SSSR count). The fourth-order valence-electron chi connectivity index (χ4n) is 1.61. The molecule has 0 amide bonds. The highest BCUT2D eigenvalue weighted by atomic mass is 32.2. The summed E-state index contributed by atoms with van der Waals surface area (Å²) < 4.78 is 21.2. The molecular weight excluding hydrogens is 220 g/mol. The smallest absolute Gasteiger partial charge is 0.0353 e. The Hall–Kier alpha value is -1.45. The van der Waals surface area contributed by atoms with Crippen molar-refractivity contribution < 1.29 is 8.76 Å². The molecule has 1 unspecified atom stereocenters. The summed E-state index contributed by atoms with van der Waals surface area (Å²) >= 11 is -2.03. The van der Waals surface area contributed by atoms with Gasteiger partial charge in [-0.05, 0) is 16.7 Å². The van der Waals surface area contributed by atoms with E-state index in [0.717, 1.165) is 16.7 Å². The maximum absolute atomic E-state index is 10.6. The van der Waals surface area contributed by atoms with Crippen molar-refractivity contribution in [2.24, 2.45) is 0 Å². The van der Waals surface area contributed by atoms with Gasteiger partial charge in [-0.1, -0.05) is 65.7 Å². The first-order chi connectivity index (χ1) is 7.75. The molecule has 0 aliphatic carbocycles. The minimum atomic E-state index is -2.03. The minimum Gasteiger partial charge on any atom is -0.772 e. The molecule has 3 heteroatoms. The average Bonchev–Trinajstić information content (AvgIpc) is 2.30. The van der Waals surface area contributed by atoms with E-state index in [-0.39, 0.29) is 5.75 Å². The summed E-state index contributed by atoms with van der Waals surface area (Å²) in [4.78, 5) is 0. The van der Waals surface area contributed by atoms with Crippen LogP contribution in [0.25, 0.3) is 11.1 Å². The third-order valence-corrected chi connectivity index (χ3v) is 2.89. The van der Waals surface area contributed by atoms with Gasteiger partial charge in [-0.25, -0.2) is 0 Å². The lowest BCUT2D eigenvalue weighted by Crippen LogP contribution is -1.93. The lowest BCUT2D eigenvalue weighted by Gasteiger charge is -2.07. The Balaban J connectivity index is 2.33. The van der Waals surface area contributed by atoms with Gasteiger partial charge in [-0.3, -0.25) is 4.21 Å². The maximum atomic E-state index is 10.6. The van der Waals surface area contributed by atoms with Crippen molar-refractivity contribution in [2.45, 2.75) is 5.75 Å². The summed E-state index contributed by atoms with van der Waals surface area (Å²) in [5.74, 6) is 0.0701. The SMILES string of the molecule is O=S([O-])Cc1cccc(-c2ccccc2)c1. The summed E-state index contributed by atoms with van der Waals surface area (Å²) in [6, 6.07) is 17.5. The molecule has 2 aromatic rings. The number of benzene rings is 2. The predicted octanol–water partition coefficient (Wildman–Crippen LogP) is 2.73. The monoisotopic (exact) mass is 231 g/mol. The molecular formula is C13H11O2S-. The zero-order valence-electron chi connectivity index (χ0n) is 8.63. The van der Waals surface area contributed by atoms with Gasteiger partial charge in [-0.15, -0.1) is 0 Å². The van der Waals surface area contributed by atoms with Gasteiger partial charge in [-0.2, -0.15) is 0 Å². The summed E-state index contributed by atoms with van der Waals surface area (Å²) in [6.07, 6.45) is 0. The molecule has 82 valence electrons. The Morgan fingerprint density at radius 3 is 2.31 bits per heavy atom. The molecule has 2 aromatic carbocycles. The van der Waals surface area contributed by atoms with Crippen LogP contribution in [0.15, 0.2) is 54.6 Å². The quantitative estimate of drug-likeness (QED) is 0.762. The van der Waals surface area contributed by atoms with E-state index in [0.29, 0.717) is 0 Å². The molecule has 0 aliphatic heterocycles. The van der Waals surface area contributed by atoms with Gasteiger partial charge >= 0.3 is 0 Å². The highest BCUT2D eigenvalue weighted by Crippen LogP contribution is 2.20. The predicted molar refractivity (Wildman–Crippen MR) is 64.5 cm³/mol. The lowest BCUT2D eigenvalue weighted by atomic mass is 10.0. The molecule has 1 atom stereocenters. The summed E-state index contributed by atoms with van der Waals surface area (Å²) in [7, 11) is 0. The first-order valence-corrected chi connectivity index (χ1v) is 6.20. The Kier molecular flexibility index (Phi) is 3.49. The minimum absolute atomic E-state index is 0.0701. The highest BCUT2D eigenvalue weighted by molar-refractivity contribution is 7.78. The number of hydrogen-bond donors (Lipinski definition) is 0. The van der Waals surface area contributed by atoms with E-state index in [1.807, 2.05) is 54.6 Å². The van der Waals surface area contributed by atoms with Crippen LogP contribution in [0.4, 0.5) is 0 Å². The van der Waals surface area contributed by atoms with Gasteiger partial charge in [0.05, 0.1) is 0 Å². The molecule has 0 N–H and O–H groups in total. The lowest BCUT2D eigenvalue weighted by molar-refractivity contribution is 0.536. The molecule has 0 aliphatic rings. The van der Waals surface area contributed by atoms with E-state index in [1.54, 1.807) is 0 Å². The number of hydrogen-bond acceptors (Lipinski definition) is 2. The van der Waals surface area contributed by atoms with Gasteiger partial charge in [0.15, 0.2) is 0 Å². The summed E-state index contributed by atoms with van der Waals surface area (Å²) in [5.41, 5.74) is 2.96. The standard InChI is InChI=1S/C13H12O2S/c14-16(15)10-11-5-4-8-13(9-11)12-6-2-1-3-7-12/h1-9H,10H2,(H,14,15)/p-1. The normalized spacial score (nSPS) is 12.3. The molecule has 0 bridgehead atoms. The topological polar surface area (TPSA) is 40.1 Å². The average molecular weight is 231 g/mol. The molecule has 16 heavy (non-hydrogen) atoms. The Morgan fingerprint density at radius 2 is 1.62 bits per heavy atom. The van der Waals surface area contributed by atoms with Gasteiger partial charge in [0.25, 0.3) is 0 Å². The third kappa shape index (κ3) is 2.78. The second kappa shape index (κ2) is 5.05. The van der Waals surface area contributed by atoms with E-state index >= 15 is 0 Å². The maximum Gasteiger partial charge on any atom is 0.0353 e. The molecule has 0 fully saturated rings. The van der Waals surface area contributed by atoms with Crippen molar-refractivity contribution >= 4 is 11.1 Å². The second-order valence-corrected chi connectivity index (χ2v) is 4.41. The van der Waals surface area contributed by atoms with E-state index in [2.05, 4.69) is 0 Å². The zero-order valence-corrected chi connectivity index (χ0v) is 9.44. The van der Waals surface area contributed by atoms with Crippen LogP contribution in [0.1, 0.15) is 5.56 Å². The molecule has 0 heterocycles. The van der Waals surface area contributed by atoms with Crippen LogP contribution in [-0.4, -0.2) is 8.76 Å². The molecule has 0 saturated heterocycles. The fourth-order valence-corrected chi connectivity index (χ4v) is 2.06. The number of rotatable bonds is 3. The van der Waals surface area contributed by atoms with Gasteiger partial charge in [0.2, 0.25) is 0 Å². The molecule has 0 radical (unpaired) electrons. The third-order valence-electron chi connectivity index (χ3n) is 2.32. The van der Waals surface area contributed by atoms with E-state index in [4.69, 9.17) is 0 Å². The van der Waals surface area contributed by atoms with Crippen molar-refractivity contribution in [3.05, 3.63) is 60.2 Å². The van der Waals surface area contributed by atoms with Crippen molar-refractivity contribution in [2.75, 3.05) is 0 Å². The van der Waals surface area contributed by atoms with Crippen molar-refractivity contribution in [1.29, 1.82) is 0 Å². The van der Waals surface area contributed by atoms with Crippen molar-refractivity contribution in [1.82, 2.24) is 0 Å². The van der Waals surface area contributed by atoms with Crippen LogP contribution in [0.2, 0.25) is 0 Å².